The maximum Gasteiger partial charge on any atom is 0.275 e. The lowest BCUT2D eigenvalue weighted by Gasteiger charge is -2.09. The predicted molar refractivity (Wildman–Crippen MR) is 116 cm³/mol. The summed E-state index contributed by atoms with van der Waals surface area (Å²) in [4.78, 5) is 12.5. The van der Waals surface area contributed by atoms with E-state index in [4.69, 9.17) is 13.9 Å². The summed E-state index contributed by atoms with van der Waals surface area (Å²) in [7, 11) is 3.03. The molecular formula is C23H24N4O4. The summed E-state index contributed by atoms with van der Waals surface area (Å²) >= 11 is 0. The van der Waals surface area contributed by atoms with Gasteiger partial charge in [-0.05, 0) is 45.9 Å². The third-order valence-electron chi connectivity index (χ3n) is 5.17. The number of benzene rings is 1. The highest BCUT2D eigenvalue weighted by Gasteiger charge is 2.20. The van der Waals surface area contributed by atoms with Crippen LogP contribution in [0.15, 0.2) is 33.8 Å². The van der Waals surface area contributed by atoms with Crippen LogP contribution in [0, 0.1) is 39.0 Å². The number of nitriles is 1. The molecule has 3 aromatic rings. The number of ether oxygens (including phenoxy) is 2. The molecule has 0 aliphatic rings. The van der Waals surface area contributed by atoms with Gasteiger partial charge in [-0.3, -0.25) is 9.36 Å². The van der Waals surface area contributed by atoms with Crippen molar-refractivity contribution in [3.8, 4) is 23.5 Å². The molecule has 8 nitrogen and oxygen atoms in total. The monoisotopic (exact) mass is 420 g/mol. The first-order chi connectivity index (χ1) is 14.8. The van der Waals surface area contributed by atoms with Crippen LogP contribution < -0.4 is 14.9 Å². The fourth-order valence-electron chi connectivity index (χ4n) is 3.34. The van der Waals surface area contributed by atoms with Gasteiger partial charge >= 0.3 is 0 Å². The minimum Gasteiger partial charge on any atom is -0.497 e. The zero-order valence-electron chi connectivity index (χ0n) is 18.4. The number of hydrogen-bond donors (Lipinski definition) is 1. The van der Waals surface area contributed by atoms with Gasteiger partial charge in [0.25, 0.3) is 5.91 Å². The number of nitrogens with zero attached hydrogens (tertiary/aromatic N) is 3. The molecule has 0 fully saturated rings. The summed E-state index contributed by atoms with van der Waals surface area (Å²) in [5.41, 5.74) is 6.68. The fourth-order valence-corrected chi connectivity index (χ4v) is 3.34. The molecule has 1 aromatic carbocycles. The third-order valence-corrected chi connectivity index (χ3v) is 5.17. The smallest absolute Gasteiger partial charge is 0.275 e. The van der Waals surface area contributed by atoms with Crippen molar-refractivity contribution >= 4 is 12.1 Å². The number of amides is 1. The second kappa shape index (κ2) is 8.79. The number of nitrogens with one attached hydrogen (secondary N) is 1. The number of aryl methyl sites for hydroxylation is 2. The van der Waals surface area contributed by atoms with E-state index in [1.54, 1.807) is 31.5 Å². The number of hydrazone groups is 1. The maximum absolute atomic E-state index is 12.5. The molecule has 3 rings (SSSR count). The van der Waals surface area contributed by atoms with Crippen molar-refractivity contribution in [2.24, 2.45) is 5.10 Å². The molecule has 1 N–H and O–H groups in total. The lowest BCUT2D eigenvalue weighted by atomic mass is 10.2. The third kappa shape index (κ3) is 4.03. The second-order valence-corrected chi connectivity index (χ2v) is 7.00. The van der Waals surface area contributed by atoms with E-state index in [0.29, 0.717) is 34.3 Å². The average molecular weight is 420 g/mol. The van der Waals surface area contributed by atoms with E-state index >= 15 is 0 Å². The van der Waals surface area contributed by atoms with Crippen LogP contribution in [-0.4, -0.2) is 30.9 Å². The number of aromatic nitrogens is 1. The van der Waals surface area contributed by atoms with Crippen molar-refractivity contribution < 1.29 is 18.7 Å². The van der Waals surface area contributed by atoms with Gasteiger partial charge in [0.2, 0.25) is 5.88 Å². The number of rotatable bonds is 6. The number of hydrogen-bond acceptors (Lipinski definition) is 6. The molecule has 160 valence electrons. The highest BCUT2D eigenvalue weighted by molar-refractivity contribution is 5.97. The van der Waals surface area contributed by atoms with Crippen LogP contribution in [0.5, 0.6) is 11.5 Å². The van der Waals surface area contributed by atoms with Gasteiger partial charge < -0.3 is 13.9 Å². The molecule has 0 spiro atoms. The van der Waals surface area contributed by atoms with Gasteiger partial charge in [0.05, 0.1) is 26.0 Å². The average Bonchev–Trinajstić information content (AvgIpc) is 3.20. The Morgan fingerprint density at radius 1 is 1.19 bits per heavy atom. The molecule has 0 saturated carbocycles. The Morgan fingerprint density at radius 2 is 1.94 bits per heavy atom. The van der Waals surface area contributed by atoms with E-state index in [2.05, 4.69) is 16.6 Å². The van der Waals surface area contributed by atoms with Crippen molar-refractivity contribution in [3.63, 3.8) is 0 Å². The number of carbonyl (C=O) groups excluding carboxylic acids is 1. The molecule has 8 heteroatoms. The zero-order chi connectivity index (χ0) is 22.7. The Bertz CT molecular complexity index is 1210. The first kappa shape index (κ1) is 21.7. The van der Waals surface area contributed by atoms with E-state index in [0.717, 1.165) is 22.5 Å². The molecule has 0 aliphatic heterocycles. The summed E-state index contributed by atoms with van der Waals surface area (Å²) in [6.45, 7) is 7.51. The molecule has 0 atom stereocenters. The highest BCUT2D eigenvalue weighted by Crippen LogP contribution is 2.28. The lowest BCUT2D eigenvalue weighted by molar-refractivity contribution is 0.0952. The molecule has 0 bridgehead atoms. The van der Waals surface area contributed by atoms with Crippen molar-refractivity contribution in [3.05, 3.63) is 63.7 Å². The van der Waals surface area contributed by atoms with Crippen LogP contribution in [0.1, 0.15) is 44.2 Å². The van der Waals surface area contributed by atoms with Crippen LogP contribution in [0.2, 0.25) is 0 Å². The zero-order valence-corrected chi connectivity index (χ0v) is 18.4. The number of furan rings is 1. The van der Waals surface area contributed by atoms with Gasteiger partial charge in [0.15, 0.2) is 0 Å². The first-order valence-electron chi connectivity index (χ1n) is 9.57. The quantitative estimate of drug-likeness (QED) is 0.480. The summed E-state index contributed by atoms with van der Waals surface area (Å²) in [5.74, 6) is 1.75. The normalized spacial score (nSPS) is 10.9. The van der Waals surface area contributed by atoms with Gasteiger partial charge in [-0.25, -0.2) is 5.43 Å². The van der Waals surface area contributed by atoms with Crippen LogP contribution in [-0.2, 0) is 0 Å². The summed E-state index contributed by atoms with van der Waals surface area (Å²) in [6.07, 6.45) is 1.56. The van der Waals surface area contributed by atoms with Gasteiger partial charge in [0.1, 0.15) is 28.9 Å². The molecular weight excluding hydrogens is 396 g/mol. The molecule has 2 aromatic heterocycles. The molecule has 0 aliphatic carbocycles. The Kier molecular flexibility index (Phi) is 6.16. The first-order valence-corrected chi connectivity index (χ1v) is 9.57. The molecule has 0 radical (unpaired) electrons. The topological polar surface area (TPSA) is 102 Å². The van der Waals surface area contributed by atoms with Crippen LogP contribution >= 0.6 is 0 Å². The number of carbonyl (C=O) groups is 1. The molecule has 0 unspecified atom stereocenters. The fraction of sp³-hybridized carbons (Fsp3) is 0.261. The van der Waals surface area contributed by atoms with Gasteiger partial charge in [-0.15, -0.1) is 0 Å². The standard InChI is InChI=1S/C23H24N4O4/c1-13-9-17(15(3)27(13)23-20(11-24)14(2)16(4)31-23)12-25-26-22(28)19-8-7-18(29-5)10-21(19)30-6/h7-10,12H,1-6H3,(H,26,28)/b25-12-. The van der Waals surface area contributed by atoms with Crippen molar-refractivity contribution in [1.29, 1.82) is 5.26 Å². The van der Waals surface area contributed by atoms with Gasteiger partial charge in [-0.1, -0.05) is 0 Å². The maximum atomic E-state index is 12.5. The summed E-state index contributed by atoms with van der Waals surface area (Å²) in [5, 5.41) is 13.6. The van der Waals surface area contributed by atoms with Gasteiger partial charge in [0, 0.05) is 28.6 Å². The van der Waals surface area contributed by atoms with E-state index in [1.165, 1.54) is 7.11 Å². The van der Waals surface area contributed by atoms with Crippen LogP contribution in [0.4, 0.5) is 0 Å². The SMILES string of the molecule is COc1ccc(C(=O)N/N=C\c2cc(C)n(-c3oc(C)c(C)c3C#N)c2C)c(OC)c1. The summed E-state index contributed by atoms with van der Waals surface area (Å²) in [6, 6.07) is 9.04. The van der Waals surface area contributed by atoms with E-state index in [9.17, 15) is 10.1 Å². The predicted octanol–water partition coefficient (Wildman–Crippen LogP) is 3.96. The van der Waals surface area contributed by atoms with Crippen molar-refractivity contribution in [1.82, 2.24) is 9.99 Å². The largest absolute Gasteiger partial charge is 0.497 e. The Labute approximate surface area is 180 Å². The van der Waals surface area contributed by atoms with E-state index < -0.39 is 5.91 Å². The van der Waals surface area contributed by atoms with E-state index in [1.807, 2.05) is 38.3 Å². The molecule has 0 saturated heterocycles. The van der Waals surface area contributed by atoms with E-state index in [-0.39, 0.29) is 0 Å². The highest BCUT2D eigenvalue weighted by atomic mass is 16.5. The second-order valence-electron chi connectivity index (χ2n) is 7.00. The molecule has 1 amide bonds. The number of methoxy groups -OCH3 is 2. The molecule has 31 heavy (non-hydrogen) atoms. The lowest BCUT2D eigenvalue weighted by Crippen LogP contribution is -2.18. The Hall–Kier alpha value is -3.99. The van der Waals surface area contributed by atoms with Crippen molar-refractivity contribution in [2.75, 3.05) is 14.2 Å². The Morgan fingerprint density at radius 3 is 2.58 bits per heavy atom. The summed E-state index contributed by atoms with van der Waals surface area (Å²) < 4.78 is 18.1. The van der Waals surface area contributed by atoms with Crippen LogP contribution in [0.3, 0.4) is 0 Å². The Balaban J connectivity index is 1.85. The van der Waals surface area contributed by atoms with Crippen LogP contribution in [0.25, 0.3) is 5.88 Å². The minimum absolute atomic E-state index is 0.339. The van der Waals surface area contributed by atoms with Gasteiger partial charge in [-0.2, -0.15) is 10.4 Å². The molecule has 2 heterocycles. The van der Waals surface area contributed by atoms with Crippen molar-refractivity contribution in [2.45, 2.75) is 27.7 Å². The minimum atomic E-state index is -0.409.